The average Bonchev–Trinajstić information content (AvgIpc) is 3.35. The van der Waals surface area contributed by atoms with Gasteiger partial charge in [0.1, 0.15) is 19.5 Å². The first-order valence-corrected chi connectivity index (χ1v) is 7.80. The van der Waals surface area contributed by atoms with Gasteiger partial charge in [-0.25, -0.2) is 4.98 Å². The van der Waals surface area contributed by atoms with Gasteiger partial charge in [-0.2, -0.15) is 9.61 Å². The van der Waals surface area contributed by atoms with Crippen LogP contribution in [-0.2, 0) is 6.54 Å². The van der Waals surface area contributed by atoms with Crippen LogP contribution in [0, 0.1) is 5.92 Å². The van der Waals surface area contributed by atoms with Crippen LogP contribution in [0.1, 0.15) is 18.4 Å². The number of nitrogens with one attached hydrogen (secondary N) is 2. The zero-order chi connectivity index (χ0) is 15.6. The van der Waals surface area contributed by atoms with Gasteiger partial charge in [0.05, 0.1) is 0 Å². The second kappa shape index (κ2) is 5.91. The van der Waals surface area contributed by atoms with Crippen LogP contribution >= 0.6 is 0 Å². The lowest BCUT2D eigenvalue weighted by atomic mass is 10.0. The average molecular weight is 304 g/mol. The summed E-state index contributed by atoms with van der Waals surface area (Å²) >= 11 is 0. The number of rotatable bonds is 6. The third-order valence-electron chi connectivity index (χ3n) is 3.96. The molecule has 2 N–H and O–H groups in total. The van der Waals surface area contributed by atoms with Crippen molar-refractivity contribution in [2.75, 3.05) is 17.2 Å². The van der Waals surface area contributed by atoms with E-state index < -0.39 is 0 Å². The van der Waals surface area contributed by atoms with Crippen molar-refractivity contribution >= 4 is 30.6 Å². The van der Waals surface area contributed by atoms with Gasteiger partial charge in [0.25, 0.3) is 0 Å². The standard InChI is InChI=1S/C16H17BN6/c17-13-10-21-23-15(20-9-12-2-1-5-18-7-12)6-14(22-16(13)23)19-8-11-3-4-11/h1-2,5-7,10-11,20H,3-4,8-9H2,(H,19,22). The second-order valence-corrected chi connectivity index (χ2v) is 5.90. The summed E-state index contributed by atoms with van der Waals surface area (Å²) in [6.45, 7) is 1.62. The first-order chi connectivity index (χ1) is 11.3. The topological polar surface area (TPSA) is 67.1 Å². The van der Waals surface area contributed by atoms with Crippen LogP contribution < -0.4 is 16.1 Å². The van der Waals surface area contributed by atoms with Gasteiger partial charge in [-0.3, -0.25) is 4.98 Å². The highest BCUT2D eigenvalue weighted by atomic mass is 15.3. The highest BCUT2D eigenvalue weighted by molar-refractivity contribution is 6.36. The summed E-state index contributed by atoms with van der Waals surface area (Å²) in [5.41, 5.74) is 2.34. The van der Waals surface area contributed by atoms with Gasteiger partial charge in [-0.05, 0) is 35.9 Å². The molecule has 0 unspecified atom stereocenters. The van der Waals surface area contributed by atoms with Crippen molar-refractivity contribution < 1.29 is 0 Å². The molecule has 0 bridgehead atoms. The lowest BCUT2D eigenvalue weighted by Gasteiger charge is -2.12. The van der Waals surface area contributed by atoms with Crippen molar-refractivity contribution in [3.63, 3.8) is 0 Å². The number of pyridine rings is 1. The van der Waals surface area contributed by atoms with E-state index in [2.05, 4.69) is 25.7 Å². The van der Waals surface area contributed by atoms with Crippen LogP contribution in [0.15, 0.2) is 36.8 Å². The molecular formula is C16H17BN6. The Morgan fingerprint density at radius 3 is 2.96 bits per heavy atom. The quantitative estimate of drug-likeness (QED) is 0.673. The van der Waals surface area contributed by atoms with E-state index in [1.165, 1.54) is 12.8 Å². The lowest BCUT2D eigenvalue weighted by molar-refractivity contribution is 0.875. The first kappa shape index (κ1) is 14.1. The number of hydrogen-bond acceptors (Lipinski definition) is 5. The van der Waals surface area contributed by atoms with E-state index in [0.717, 1.165) is 29.7 Å². The van der Waals surface area contributed by atoms with Gasteiger partial charge in [0.2, 0.25) is 0 Å². The molecule has 23 heavy (non-hydrogen) atoms. The molecule has 0 aromatic carbocycles. The molecule has 3 aromatic rings. The van der Waals surface area contributed by atoms with E-state index in [1.54, 1.807) is 16.9 Å². The van der Waals surface area contributed by atoms with Crippen molar-refractivity contribution in [1.82, 2.24) is 19.6 Å². The predicted molar refractivity (Wildman–Crippen MR) is 91.2 cm³/mol. The van der Waals surface area contributed by atoms with Crippen molar-refractivity contribution in [1.29, 1.82) is 0 Å². The van der Waals surface area contributed by atoms with Crippen LogP contribution in [0.25, 0.3) is 5.65 Å². The van der Waals surface area contributed by atoms with E-state index in [4.69, 9.17) is 7.85 Å². The van der Waals surface area contributed by atoms with Crippen LogP contribution in [0.3, 0.4) is 0 Å². The van der Waals surface area contributed by atoms with E-state index in [1.807, 2.05) is 24.4 Å². The lowest BCUT2D eigenvalue weighted by Crippen LogP contribution is -2.12. The fraction of sp³-hybridized carbons (Fsp3) is 0.312. The molecule has 0 aliphatic heterocycles. The maximum Gasteiger partial charge on any atom is 0.152 e. The van der Waals surface area contributed by atoms with Crippen molar-refractivity contribution in [2.24, 2.45) is 5.92 Å². The molecule has 0 saturated heterocycles. The maximum atomic E-state index is 5.98. The van der Waals surface area contributed by atoms with Crippen molar-refractivity contribution in [3.8, 4) is 0 Å². The van der Waals surface area contributed by atoms with Gasteiger partial charge in [-0.1, -0.05) is 6.07 Å². The summed E-state index contributed by atoms with van der Waals surface area (Å²) in [7, 11) is 5.98. The Balaban J connectivity index is 1.60. The predicted octanol–water partition coefficient (Wildman–Crippen LogP) is 1.35. The fourth-order valence-corrected chi connectivity index (χ4v) is 2.46. The molecule has 1 saturated carbocycles. The molecule has 4 rings (SSSR count). The van der Waals surface area contributed by atoms with Crippen molar-refractivity contribution in [2.45, 2.75) is 19.4 Å². The molecule has 114 valence electrons. The van der Waals surface area contributed by atoms with Crippen molar-refractivity contribution in [3.05, 3.63) is 42.4 Å². The van der Waals surface area contributed by atoms with E-state index >= 15 is 0 Å². The second-order valence-electron chi connectivity index (χ2n) is 5.90. The molecule has 1 fully saturated rings. The molecule has 6 nitrogen and oxygen atoms in total. The largest absolute Gasteiger partial charge is 0.370 e. The van der Waals surface area contributed by atoms with E-state index in [9.17, 15) is 0 Å². The highest BCUT2D eigenvalue weighted by Gasteiger charge is 2.21. The molecule has 1 aliphatic rings. The Hall–Kier alpha value is -2.57. The smallest absolute Gasteiger partial charge is 0.152 e. The Morgan fingerprint density at radius 2 is 2.17 bits per heavy atom. The Labute approximate surface area is 135 Å². The zero-order valence-electron chi connectivity index (χ0n) is 12.7. The number of nitrogens with zero attached hydrogens (tertiary/aromatic N) is 4. The Kier molecular flexibility index (Phi) is 3.61. The molecular weight excluding hydrogens is 287 g/mol. The first-order valence-electron chi connectivity index (χ1n) is 7.80. The number of aromatic nitrogens is 4. The van der Waals surface area contributed by atoms with Crippen LogP contribution in [-0.4, -0.2) is 34.0 Å². The normalized spacial score (nSPS) is 14.1. The molecule has 7 heteroatoms. The molecule has 2 radical (unpaired) electrons. The van der Waals surface area contributed by atoms with Crippen LogP contribution in [0.4, 0.5) is 11.6 Å². The number of hydrogen-bond donors (Lipinski definition) is 2. The Bertz CT molecular complexity index is 812. The van der Waals surface area contributed by atoms with Gasteiger partial charge < -0.3 is 10.6 Å². The minimum absolute atomic E-state index is 0.574. The van der Waals surface area contributed by atoms with E-state index in [-0.39, 0.29) is 0 Å². The number of anilines is 2. The van der Waals surface area contributed by atoms with Gasteiger partial charge >= 0.3 is 0 Å². The summed E-state index contributed by atoms with van der Waals surface area (Å²) in [6, 6.07) is 5.92. The molecule has 0 atom stereocenters. The van der Waals surface area contributed by atoms with Gasteiger partial charge in [0.15, 0.2) is 5.65 Å². The third kappa shape index (κ3) is 3.13. The minimum Gasteiger partial charge on any atom is -0.370 e. The summed E-state index contributed by atoms with van der Waals surface area (Å²) < 4.78 is 1.73. The summed E-state index contributed by atoms with van der Waals surface area (Å²) in [5.74, 6) is 2.46. The Morgan fingerprint density at radius 1 is 1.26 bits per heavy atom. The minimum atomic E-state index is 0.574. The maximum absolute atomic E-state index is 5.98. The summed E-state index contributed by atoms with van der Waals surface area (Å²) in [4.78, 5) is 8.69. The zero-order valence-corrected chi connectivity index (χ0v) is 12.7. The fourth-order valence-electron chi connectivity index (χ4n) is 2.46. The van der Waals surface area contributed by atoms with Gasteiger partial charge in [-0.15, -0.1) is 0 Å². The highest BCUT2D eigenvalue weighted by Crippen LogP contribution is 2.29. The summed E-state index contributed by atoms with van der Waals surface area (Å²) in [6.07, 6.45) is 7.84. The van der Waals surface area contributed by atoms with Crippen LogP contribution in [0.5, 0.6) is 0 Å². The summed E-state index contributed by atoms with van der Waals surface area (Å²) in [5, 5.41) is 11.1. The molecule has 3 aromatic heterocycles. The SMILES string of the molecule is [B]c1cnn2c(NCc3cccnc3)cc(NCC3CC3)nc12. The third-order valence-corrected chi connectivity index (χ3v) is 3.96. The molecule has 3 heterocycles. The molecule has 0 amide bonds. The number of fused-ring (bicyclic) bond motifs is 1. The molecule has 1 aliphatic carbocycles. The molecule has 0 spiro atoms. The van der Waals surface area contributed by atoms with Gasteiger partial charge in [0, 0.05) is 37.7 Å². The van der Waals surface area contributed by atoms with Crippen LogP contribution in [0.2, 0.25) is 0 Å². The monoisotopic (exact) mass is 304 g/mol. The van der Waals surface area contributed by atoms with E-state index in [0.29, 0.717) is 17.7 Å².